The minimum atomic E-state index is -1.05. The molecule has 0 heterocycles. The highest BCUT2D eigenvalue weighted by molar-refractivity contribution is 5.77. The van der Waals surface area contributed by atoms with Crippen LogP contribution >= 0.6 is 0 Å². The van der Waals surface area contributed by atoms with Gasteiger partial charge in [0, 0.05) is 7.05 Å². The third kappa shape index (κ3) is 4.57. The van der Waals surface area contributed by atoms with Gasteiger partial charge in [0.25, 0.3) is 0 Å². The summed E-state index contributed by atoms with van der Waals surface area (Å²) in [6.45, 7) is 0. The SMILES string of the molecule is CNC(=N[N+](=O)[O-])N[N+](=O)[O-]. The van der Waals surface area contributed by atoms with E-state index >= 15 is 0 Å². The lowest BCUT2D eigenvalue weighted by Gasteiger charge is -1.94. The summed E-state index contributed by atoms with van der Waals surface area (Å²) in [6, 6.07) is 0. The molecule has 0 bridgehead atoms. The number of guanidine groups is 1. The lowest BCUT2D eigenvalue weighted by Crippen LogP contribution is -2.39. The van der Waals surface area contributed by atoms with Crippen LogP contribution in [0.4, 0.5) is 0 Å². The van der Waals surface area contributed by atoms with Crippen LogP contribution in [-0.4, -0.2) is 23.1 Å². The van der Waals surface area contributed by atoms with Gasteiger partial charge in [-0.1, -0.05) is 5.43 Å². The molecule has 0 aromatic heterocycles. The standard InChI is InChI=1S/C2H5N5O4/c1-3-2(4-6(8)9)5-7(10)11/h1H3,(H2,3,4,5). The largest absolute Gasteiger partial charge is 0.350 e. The molecule has 0 amide bonds. The van der Waals surface area contributed by atoms with Crippen LogP contribution < -0.4 is 10.7 Å². The van der Waals surface area contributed by atoms with E-state index in [0.29, 0.717) is 0 Å². The molecule has 0 saturated carbocycles. The molecule has 0 aromatic carbocycles. The van der Waals surface area contributed by atoms with Crippen molar-refractivity contribution in [3.63, 3.8) is 0 Å². The minimum absolute atomic E-state index is 0.528. The topological polar surface area (TPSA) is 123 Å². The van der Waals surface area contributed by atoms with E-state index < -0.39 is 16.0 Å². The molecule has 11 heavy (non-hydrogen) atoms. The van der Waals surface area contributed by atoms with Gasteiger partial charge in [0.15, 0.2) is 10.1 Å². The van der Waals surface area contributed by atoms with Gasteiger partial charge in [-0.3, -0.25) is 0 Å². The number of nitrogens with zero attached hydrogens (tertiary/aromatic N) is 3. The molecule has 0 aliphatic heterocycles. The fraction of sp³-hybridized carbons (Fsp3) is 0.500. The van der Waals surface area contributed by atoms with Gasteiger partial charge >= 0.3 is 5.96 Å². The first-order chi connectivity index (χ1) is 5.06. The van der Waals surface area contributed by atoms with Crippen molar-refractivity contribution in [1.29, 1.82) is 0 Å². The zero-order valence-corrected chi connectivity index (χ0v) is 5.47. The quantitative estimate of drug-likeness (QED) is 0.222. The minimum Gasteiger partial charge on any atom is -0.350 e. The van der Waals surface area contributed by atoms with Crippen molar-refractivity contribution in [3.8, 4) is 0 Å². The Labute approximate surface area is 60.3 Å². The van der Waals surface area contributed by atoms with Crippen LogP contribution in [0, 0.1) is 20.2 Å². The Morgan fingerprint density at radius 3 is 2.27 bits per heavy atom. The maximum Gasteiger partial charge on any atom is 0.328 e. The van der Waals surface area contributed by atoms with E-state index in [1.165, 1.54) is 12.5 Å². The summed E-state index contributed by atoms with van der Waals surface area (Å²) in [5.41, 5.74) is 1.48. The van der Waals surface area contributed by atoms with Crippen LogP contribution in [-0.2, 0) is 0 Å². The van der Waals surface area contributed by atoms with Crippen molar-refractivity contribution in [3.05, 3.63) is 20.2 Å². The van der Waals surface area contributed by atoms with Crippen molar-refractivity contribution in [2.75, 3.05) is 7.05 Å². The highest BCUT2D eigenvalue weighted by Gasteiger charge is 2.06. The fourth-order valence-corrected chi connectivity index (χ4v) is 0.296. The number of rotatable bonds is 2. The number of nitrogens with one attached hydrogen (secondary N) is 2. The Balaban J connectivity index is 4.16. The van der Waals surface area contributed by atoms with Gasteiger partial charge in [-0.2, -0.15) is 0 Å². The predicted octanol–water partition coefficient (Wildman–Crippen LogP) is -1.47. The predicted molar refractivity (Wildman–Crippen MR) is 33.6 cm³/mol. The van der Waals surface area contributed by atoms with Gasteiger partial charge in [0.2, 0.25) is 0 Å². The molecule has 0 aliphatic carbocycles. The molecule has 0 unspecified atom stereocenters. The molecule has 62 valence electrons. The van der Waals surface area contributed by atoms with Crippen molar-refractivity contribution in [2.45, 2.75) is 0 Å². The van der Waals surface area contributed by atoms with Crippen LogP contribution in [0.3, 0.4) is 0 Å². The zero-order chi connectivity index (χ0) is 8.85. The smallest absolute Gasteiger partial charge is 0.328 e. The van der Waals surface area contributed by atoms with Crippen molar-refractivity contribution in [2.24, 2.45) is 5.10 Å². The monoisotopic (exact) mass is 163 g/mol. The van der Waals surface area contributed by atoms with E-state index in [-0.39, 0.29) is 0 Å². The van der Waals surface area contributed by atoms with Crippen LogP contribution in [0.5, 0.6) is 0 Å². The highest BCUT2D eigenvalue weighted by atomic mass is 16.7. The van der Waals surface area contributed by atoms with Crippen molar-refractivity contribution in [1.82, 2.24) is 10.7 Å². The Morgan fingerprint density at radius 2 is 2.00 bits per heavy atom. The lowest BCUT2D eigenvalue weighted by atomic mass is 11.0. The van der Waals surface area contributed by atoms with E-state index in [1.807, 2.05) is 0 Å². The maximum atomic E-state index is 9.70. The number of hydrazine groups is 1. The lowest BCUT2D eigenvalue weighted by molar-refractivity contribution is -0.530. The van der Waals surface area contributed by atoms with Crippen LogP contribution in [0.1, 0.15) is 0 Å². The number of nitro groups is 2. The molecule has 9 nitrogen and oxygen atoms in total. The number of hydrogen-bond acceptors (Lipinski definition) is 4. The molecule has 9 heteroatoms. The molecule has 0 aliphatic rings. The van der Waals surface area contributed by atoms with E-state index in [1.54, 1.807) is 0 Å². The first-order valence-electron chi connectivity index (χ1n) is 2.38. The van der Waals surface area contributed by atoms with Gasteiger partial charge in [-0.05, 0) is 0 Å². The van der Waals surface area contributed by atoms with E-state index in [0.717, 1.165) is 0 Å². The summed E-state index contributed by atoms with van der Waals surface area (Å²) in [6.07, 6.45) is 0. The van der Waals surface area contributed by atoms with E-state index in [9.17, 15) is 20.2 Å². The second-order valence-electron chi connectivity index (χ2n) is 1.31. The summed E-state index contributed by atoms with van der Waals surface area (Å²) in [4.78, 5) is 19.4. The first kappa shape index (κ1) is 9.07. The van der Waals surface area contributed by atoms with Gasteiger partial charge in [-0.25, -0.2) is 20.2 Å². The Kier molecular flexibility index (Phi) is 3.28. The van der Waals surface area contributed by atoms with Gasteiger partial charge in [0.1, 0.15) is 5.10 Å². The van der Waals surface area contributed by atoms with Gasteiger partial charge in [-0.15, -0.1) is 0 Å². The van der Waals surface area contributed by atoms with Crippen LogP contribution in [0.15, 0.2) is 5.10 Å². The summed E-state index contributed by atoms with van der Waals surface area (Å²) in [5, 5.41) is 22.1. The van der Waals surface area contributed by atoms with Crippen LogP contribution in [0.25, 0.3) is 0 Å². The Morgan fingerprint density at radius 1 is 1.45 bits per heavy atom. The average Bonchev–Trinajstić information content (AvgIpc) is 1.84. The number of hydrazone groups is 1. The molecule has 0 atom stereocenters. The molecule has 0 aromatic rings. The van der Waals surface area contributed by atoms with Crippen LogP contribution in [0.2, 0.25) is 0 Å². The molecule has 0 rings (SSSR count). The molecule has 0 fully saturated rings. The molecule has 0 spiro atoms. The summed E-state index contributed by atoms with van der Waals surface area (Å²) in [5.74, 6) is -0.528. The van der Waals surface area contributed by atoms with Crippen molar-refractivity contribution >= 4 is 5.96 Å². The molecule has 0 radical (unpaired) electrons. The summed E-state index contributed by atoms with van der Waals surface area (Å²) < 4.78 is 0. The third-order valence-corrected chi connectivity index (χ3v) is 0.616. The summed E-state index contributed by atoms with van der Waals surface area (Å²) in [7, 11) is 1.26. The normalized spacial score (nSPS) is 10.5. The first-order valence-corrected chi connectivity index (χ1v) is 2.38. The molecular weight excluding hydrogens is 158 g/mol. The second kappa shape index (κ2) is 3.98. The highest BCUT2D eigenvalue weighted by Crippen LogP contribution is 1.70. The van der Waals surface area contributed by atoms with Gasteiger partial charge in [0.05, 0.1) is 0 Å². The Bertz CT molecular complexity index is 199. The molecule has 2 N–H and O–H groups in total. The van der Waals surface area contributed by atoms with E-state index in [4.69, 9.17) is 0 Å². The van der Waals surface area contributed by atoms with Crippen molar-refractivity contribution < 1.29 is 10.1 Å². The number of hydrogen-bond donors (Lipinski definition) is 2. The average molecular weight is 163 g/mol. The Hall–Kier alpha value is -1.93. The van der Waals surface area contributed by atoms with E-state index in [2.05, 4.69) is 10.4 Å². The fourth-order valence-electron chi connectivity index (χ4n) is 0.296. The van der Waals surface area contributed by atoms with Gasteiger partial charge < -0.3 is 5.32 Å². The molecular formula is C2H5N5O4. The zero-order valence-electron chi connectivity index (χ0n) is 5.47. The second-order valence-corrected chi connectivity index (χ2v) is 1.31. The maximum absolute atomic E-state index is 9.70. The summed E-state index contributed by atoms with van der Waals surface area (Å²) >= 11 is 0. The molecule has 0 saturated heterocycles. The third-order valence-electron chi connectivity index (χ3n) is 0.616.